The van der Waals surface area contributed by atoms with Crippen molar-refractivity contribution in [3.8, 4) is 11.6 Å². The lowest BCUT2D eigenvalue weighted by Gasteiger charge is -2.14. The Bertz CT molecular complexity index is 723. The van der Waals surface area contributed by atoms with Gasteiger partial charge in [0.1, 0.15) is 11.9 Å². The SMILES string of the molecule is CN=C(NCc1ccc(OC)cc1)NCc1ccc(OC2CCCC2)nc1. The molecule has 1 aliphatic rings. The zero-order valence-corrected chi connectivity index (χ0v) is 16.1. The van der Waals surface area contributed by atoms with Crippen LogP contribution < -0.4 is 20.1 Å². The van der Waals surface area contributed by atoms with Gasteiger partial charge in [-0.05, 0) is 48.9 Å². The van der Waals surface area contributed by atoms with E-state index in [1.165, 1.54) is 12.8 Å². The smallest absolute Gasteiger partial charge is 0.213 e. The molecule has 0 amide bonds. The van der Waals surface area contributed by atoms with Gasteiger partial charge in [0.2, 0.25) is 5.88 Å². The van der Waals surface area contributed by atoms with Gasteiger partial charge in [-0.15, -0.1) is 0 Å². The van der Waals surface area contributed by atoms with Crippen molar-refractivity contribution in [3.05, 3.63) is 53.7 Å². The van der Waals surface area contributed by atoms with E-state index in [1.54, 1.807) is 14.2 Å². The maximum absolute atomic E-state index is 5.90. The van der Waals surface area contributed by atoms with Crippen LogP contribution in [0.15, 0.2) is 47.6 Å². The molecule has 6 nitrogen and oxygen atoms in total. The number of aliphatic imine (C=N–C) groups is 1. The van der Waals surface area contributed by atoms with Crippen LogP contribution in [0, 0.1) is 0 Å². The monoisotopic (exact) mass is 368 g/mol. The van der Waals surface area contributed by atoms with Crippen molar-refractivity contribution >= 4 is 5.96 Å². The Labute approximate surface area is 161 Å². The minimum Gasteiger partial charge on any atom is -0.497 e. The highest BCUT2D eigenvalue weighted by molar-refractivity contribution is 5.79. The lowest BCUT2D eigenvalue weighted by molar-refractivity contribution is 0.201. The van der Waals surface area contributed by atoms with E-state index in [0.29, 0.717) is 25.1 Å². The van der Waals surface area contributed by atoms with Crippen molar-refractivity contribution in [2.45, 2.75) is 44.9 Å². The van der Waals surface area contributed by atoms with Gasteiger partial charge in [0.05, 0.1) is 7.11 Å². The Morgan fingerprint density at radius 3 is 2.30 bits per heavy atom. The van der Waals surface area contributed by atoms with Crippen LogP contribution in [0.2, 0.25) is 0 Å². The van der Waals surface area contributed by atoms with Crippen LogP contribution in [0.25, 0.3) is 0 Å². The average Bonchev–Trinajstić information content (AvgIpc) is 3.23. The summed E-state index contributed by atoms with van der Waals surface area (Å²) in [5.41, 5.74) is 2.25. The molecule has 0 bridgehead atoms. The molecule has 1 aliphatic carbocycles. The number of guanidine groups is 1. The van der Waals surface area contributed by atoms with Crippen LogP contribution in [0.5, 0.6) is 11.6 Å². The minimum atomic E-state index is 0.336. The van der Waals surface area contributed by atoms with Gasteiger partial charge in [-0.3, -0.25) is 4.99 Å². The fourth-order valence-corrected chi connectivity index (χ4v) is 3.10. The quantitative estimate of drug-likeness (QED) is 0.580. The van der Waals surface area contributed by atoms with E-state index < -0.39 is 0 Å². The van der Waals surface area contributed by atoms with E-state index in [1.807, 2.05) is 42.6 Å². The summed E-state index contributed by atoms with van der Waals surface area (Å²) < 4.78 is 11.1. The van der Waals surface area contributed by atoms with Crippen molar-refractivity contribution < 1.29 is 9.47 Å². The number of hydrogen-bond donors (Lipinski definition) is 2. The van der Waals surface area contributed by atoms with Crippen LogP contribution in [-0.2, 0) is 13.1 Å². The predicted molar refractivity (Wildman–Crippen MR) is 107 cm³/mol. The molecular weight excluding hydrogens is 340 g/mol. The van der Waals surface area contributed by atoms with Crippen LogP contribution in [-0.4, -0.2) is 31.2 Å². The number of methoxy groups -OCH3 is 1. The van der Waals surface area contributed by atoms with Gasteiger partial charge in [-0.25, -0.2) is 4.98 Å². The Kier molecular flexibility index (Phi) is 6.90. The van der Waals surface area contributed by atoms with E-state index in [-0.39, 0.29) is 0 Å². The Morgan fingerprint density at radius 2 is 1.70 bits per heavy atom. The van der Waals surface area contributed by atoms with Crippen molar-refractivity contribution in [2.24, 2.45) is 4.99 Å². The van der Waals surface area contributed by atoms with Gasteiger partial charge in [0, 0.05) is 32.4 Å². The van der Waals surface area contributed by atoms with Gasteiger partial charge in [-0.2, -0.15) is 0 Å². The molecule has 0 saturated heterocycles. The molecule has 0 radical (unpaired) electrons. The normalized spacial score (nSPS) is 14.8. The van der Waals surface area contributed by atoms with Gasteiger partial charge in [0.25, 0.3) is 0 Å². The molecule has 6 heteroatoms. The van der Waals surface area contributed by atoms with Gasteiger partial charge in [0.15, 0.2) is 5.96 Å². The summed E-state index contributed by atoms with van der Waals surface area (Å²) in [6, 6.07) is 12.0. The number of pyridine rings is 1. The van der Waals surface area contributed by atoms with Crippen molar-refractivity contribution in [2.75, 3.05) is 14.2 Å². The maximum Gasteiger partial charge on any atom is 0.213 e. The molecule has 0 unspecified atom stereocenters. The molecule has 1 aromatic heterocycles. The molecule has 1 aromatic carbocycles. The molecule has 2 N–H and O–H groups in total. The number of nitrogens with one attached hydrogen (secondary N) is 2. The summed E-state index contributed by atoms with van der Waals surface area (Å²) in [5.74, 6) is 2.32. The van der Waals surface area contributed by atoms with Crippen LogP contribution in [0.4, 0.5) is 0 Å². The zero-order chi connectivity index (χ0) is 18.9. The molecular formula is C21H28N4O2. The molecule has 0 aliphatic heterocycles. The highest BCUT2D eigenvalue weighted by Crippen LogP contribution is 2.22. The first-order valence-electron chi connectivity index (χ1n) is 9.46. The molecule has 1 fully saturated rings. The molecule has 144 valence electrons. The number of benzene rings is 1. The van der Waals surface area contributed by atoms with Gasteiger partial charge in [-0.1, -0.05) is 18.2 Å². The average molecular weight is 368 g/mol. The van der Waals surface area contributed by atoms with Crippen molar-refractivity contribution in [3.63, 3.8) is 0 Å². The molecule has 1 heterocycles. The van der Waals surface area contributed by atoms with Gasteiger partial charge < -0.3 is 20.1 Å². The number of rotatable bonds is 7. The largest absolute Gasteiger partial charge is 0.497 e. The topological polar surface area (TPSA) is 67.8 Å². The zero-order valence-electron chi connectivity index (χ0n) is 16.1. The van der Waals surface area contributed by atoms with E-state index in [4.69, 9.17) is 9.47 Å². The van der Waals surface area contributed by atoms with Crippen LogP contribution in [0.3, 0.4) is 0 Å². The maximum atomic E-state index is 5.90. The highest BCUT2D eigenvalue weighted by atomic mass is 16.5. The van der Waals surface area contributed by atoms with Crippen molar-refractivity contribution in [1.29, 1.82) is 0 Å². The summed E-state index contributed by atoms with van der Waals surface area (Å²) in [4.78, 5) is 8.68. The molecule has 1 saturated carbocycles. The standard InChI is InChI=1S/C21H28N4O2/c1-22-21(24-13-16-7-10-18(26-2)11-8-16)25-15-17-9-12-20(23-14-17)27-19-5-3-4-6-19/h7-12,14,19H,3-6,13,15H2,1-2H3,(H2,22,24,25). The minimum absolute atomic E-state index is 0.336. The molecule has 0 atom stereocenters. The Morgan fingerprint density at radius 1 is 1.04 bits per heavy atom. The fourth-order valence-electron chi connectivity index (χ4n) is 3.10. The fraction of sp³-hybridized carbons (Fsp3) is 0.429. The first kappa shape index (κ1) is 19.0. The highest BCUT2D eigenvalue weighted by Gasteiger charge is 2.16. The second-order valence-electron chi connectivity index (χ2n) is 6.66. The predicted octanol–water partition coefficient (Wildman–Crippen LogP) is 3.28. The number of aromatic nitrogens is 1. The third-order valence-corrected chi connectivity index (χ3v) is 4.69. The third-order valence-electron chi connectivity index (χ3n) is 4.69. The van der Waals surface area contributed by atoms with Crippen molar-refractivity contribution in [1.82, 2.24) is 15.6 Å². The number of nitrogens with zero attached hydrogens (tertiary/aromatic N) is 2. The Hall–Kier alpha value is -2.76. The van der Waals surface area contributed by atoms with Gasteiger partial charge >= 0.3 is 0 Å². The number of ether oxygens (including phenoxy) is 2. The summed E-state index contributed by atoms with van der Waals surface area (Å²) in [6.07, 6.45) is 6.99. The first-order chi connectivity index (χ1) is 13.3. The summed E-state index contributed by atoms with van der Waals surface area (Å²) in [5, 5.41) is 6.61. The second-order valence-corrected chi connectivity index (χ2v) is 6.66. The third kappa shape index (κ3) is 5.88. The molecule has 2 aromatic rings. The van der Waals surface area contributed by atoms with E-state index in [2.05, 4.69) is 20.6 Å². The van der Waals surface area contributed by atoms with E-state index in [0.717, 1.165) is 35.7 Å². The summed E-state index contributed by atoms with van der Waals surface area (Å²) >= 11 is 0. The summed E-state index contributed by atoms with van der Waals surface area (Å²) in [7, 11) is 3.43. The van der Waals surface area contributed by atoms with E-state index >= 15 is 0 Å². The van der Waals surface area contributed by atoms with Crippen LogP contribution >= 0.6 is 0 Å². The lowest BCUT2D eigenvalue weighted by atomic mass is 10.2. The van der Waals surface area contributed by atoms with Crippen LogP contribution in [0.1, 0.15) is 36.8 Å². The summed E-state index contributed by atoms with van der Waals surface area (Å²) in [6.45, 7) is 1.34. The molecule has 27 heavy (non-hydrogen) atoms. The van der Waals surface area contributed by atoms with E-state index in [9.17, 15) is 0 Å². The molecule has 0 spiro atoms. The second kappa shape index (κ2) is 9.80. The lowest BCUT2D eigenvalue weighted by Crippen LogP contribution is -2.36. The number of hydrogen-bond acceptors (Lipinski definition) is 4. The first-order valence-corrected chi connectivity index (χ1v) is 9.46. The molecule has 3 rings (SSSR count). The Balaban J connectivity index is 1.44.